The van der Waals surface area contributed by atoms with Crippen LogP contribution in [0.3, 0.4) is 0 Å². The van der Waals surface area contributed by atoms with Crippen molar-refractivity contribution < 1.29 is 22.3 Å². The molecule has 1 heterocycles. The summed E-state index contributed by atoms with van der Waals surface area (Å²) in [6, 6.07) is 11.4. The molecule has 1 unspecified atom stereocenters. The van der Waals surface area contributed by atoms with Gasteiger partial charge in [0.1, 0.15) is 5.75 Å². The molecule has 128 valence electrons. The van der Waals surface area contributed by atoms with E-state index in [4.69, 9.17) is 9.29 Å². The normalized spacial score (nSPS) is 16.4. The van der Waals surface area contributed by atoms with E-state index in [9.17, 15) is 13.0 Å². The lowest BCUT2D eigenvalue weighted by Crippen LogP contribution is -2.15. The molecule has 0 saturated heterocycles. The summed E-state index contributed by atoms with van der Waals surface area (Å²) >= 11 is -1.20. The summed E-state index contributed by atoms with van der Waals surface area (Å²) in [6.45, 7) is 2.06. The summed E-state index contributed by atoms with van der Waals surface area (Å²) in [5.41, 5.74) is 2.86. The SMILES string of the molecule is Cc1cc2c(cc1OCCCS(=O)(=O)O)Cc1ccccc1[S+]2[O-]. The molecule has 24 heavy (non-hydrogen) atoms. The zero-order valence-corrected chi connectivity index (χ0v) is 14.8. The van der Waals surface area contributed by atoms with Crippen molar-refractivity contribution in [3.05, 3.63) is 53.1 Å². The number of hydrogen-bond donors (Lipinski definition) is 1. The fourth-order valence-corrected chi connectivity index (χ4v) is 4.70. The van der Waals surface area contributed by atoms with Crippen molar-refractivity contribution >= 4 is 21.3 Å². The van der Waals surface area contributed by atoms with Gasteiger partial charge in [0.2, 0.25) is 0 Å². The Labute approximate surface area is 144 Å². The molecule has 0 amide bonds. The number of ether oxygens (including phenoxy) is 1. The molecule has 0 fully saturated rings. The van der Waals surface area contributed by atoms with Crippen molar-refractivity contribution in [2.24, 2.45) is 0 Å². The molecule has 1 aliphatic rings. The Kier molecular flexibility index (Phi) is 4.87. The molecule has 5 nitrogen and oxygen atoms in total. The number of fused-ring (bicyclic) bond motifs is 2. The van der Waals surface area contributed by atoms with E-state index in [0.717, 1.165) is 26.5 Å². The molecule has 7 heteroatoms. The van der Waals surface area contributed by atoms with Gasteiger partial charge in [0.25, 0.3) is 10.1 Å². The summed E-state index contributed by atoms with van der Waals surface area (Å²) < 4.78 is 48.5. The minimum Gasteiger partial charge on any atom is -0.606 e. The summed E-state index contributed by atoms with van der Waals surface area (Å²) in [5.74, 6) is 0.328. The van der Waals surface area contributed by atoms with Crippen LogP contribution in [0.4, 0.5) is 0 Å². The van der Waals surface area contributed by atoms with Crippen molar-refractivity contribution in [2.45, 2.75) is 29.6 Å². The summed E-state index contributed by atoms with van der Waals surface area (Å²) in [4.78, 5) is 1.66. The summed E-state index contributed by atoms with van der Waals surface area (Å²) in [7, 11) is -3.96. The molecule has 1 aliphatic heterocycles. The molecule has 2 aromatic rings. The lowest BCUT2D eigenvalue weighted by atomic mass is 10.0. The maximum Gasteiger partial charge on any atom is 0.264 e. The first-order valence-electron chi connectivity index (χ1n) is 7.56. The van der Waals surface area contributed by atoms with Crippen molar-refractivity contribution in [2.75, 3.05) is 12.4 Å². The molecule has 1 atom stereocenters. The van der Waals surface area contributed by atoms with Gasteiger partial charge in [-0.2, -0.15) is 8.42 Å². The minimum absolute atomic E-state index is 0.194. The van der Waals surface area contributed by atoms with Crippen LogP contribution >= 0.6 is 0 Å². The van der Waals surface area contributed by atoms with Crippen LogP contribution in [0.25, 0.3) is 0 Å². The van der Waals surface area contributed by atoms with Gasteiger partial charge in [-0.05, 0) is 31.0 Å². The van der Waals surface area contributed by atoms with E-state index in [-0.39, 0.29) is 18.8 Å². The van der Waals surface area contributed by atoms with Gasteiger partial charge in [-0.3, -0.25) is 4.55 Å². The van der Waals surface area contributed by atoms with Gasteiger partial charge < -0.3 is 9.29 Å². The Bertz CT molecular complexity index is 861. The Hall–Kier alpha value is -1.54. The lowest BCUT2D eigenvalue weighted by Gasteiger charge is -2.23. The smallest absolute Gasteiger partial charge is 0.264 e. The Morgan fingerprint density at radius 3 is 2.71 bits per heavy atom. The molecule has 0 saturated carbocycles. The monoisotopic (exact) mass is 366 g/mol. The van der Waals surface area contributed by atoms with Crippen molar-refractivity contribution in [3.8, 4) is 5.75 Å². The molecular formula is C17H18O5S2. The first-order chi connectivity index (χ1) is 11.3. The first-order valence-corrected chi connectivity index (χ1v) is 10.3. The van der Waals surface area contributed by atoms with E-state index in [0.29, 0.717) is 12.2 Å². The molecular weight excluding hydrogens is 348 g/mol. The van der Waals surface area contributed by atoms with Gasteiger partial charge in [-0.1, -0.05) is 18.2 Å². The second-order valence-corrected chi connectivity index (χ2v) is 8.76. The molecule has 0 aliphatic carbocycles. The molecule has 0 spiro atoms. The third kappa shape index (κ3) is 3.75. The quantitative estimate of drug-likeness (QED) is 0.499. The highest BCUT2D eigenvalue weighted by molar-refractivity contribution is 7.91. The minimum atomic E-state index is -3.96. The molecule has 0 bridgehead atoms. The molecule has 2 aromatic carbocycles. The van der Waals surface area contributed by atoms with Gasteiger partial charge in [0, 0.05) is 34.8 Å². The highest BCUT2D eigenvalue weighted by Gasteiger charge is 2.29. The number of hydrogen-bond acceptors (Lipinski definition) is 4. The van der Waals surface area contributed by atoms with E-state index < -0.39 is 21.3 Å². The van der Waals surface area contributed by atoms with Gasteiger partial charge in [-0.25, -0.2) is 0 Å². The van der Waals surface area contributed by atoms with Gasteiger partial charge in [0.15, 0.2) is 9.79 Å². The average molecular weight is 366 g/mol. The van der Waals surface area contributed by atoms with Crippen LogP contribution in [0.2, 0.25) is 0 Å². The molecule has 1 N–H and O–H groups in total. The second-order valence-electron chi connectivity index (χ2n) is 5.77. The Morgan fingerprint density at radius 1 is 1.21 bits per heavy atom. The van der Waals surface area contributed by atoms with Crippen LogP contribution in [0.5, 0.6) is 5.75 Å². The molecule has 0 aromatic heterocycles. The highest BCUT2D eigenvalue weighted by Crippen LogP contribution is 2.37. The fraction of sp³-hybridized carbons (Fsp3) is 0.294. The number of benzene rings is 2. The first kappa shape index (κ1) is 17.3. The van der Waals surface area contributed by atoms with E-state index in [1.165, 1.54) is 0 Å². The Balaban J connectivity index is 1.79. The van der Waals surface area contributed by atoms with Crippen molar-refractivity contribution in [1.82, 2.24) is 0 Å². The van der Waals surface area contributed by atoms with E-state index >= 15 is 0 Å². The third-order valence-corrected chi connectivity index (χ3v) is 6.30. The van der Waals surface area contributed by atoms with Crippen molar-refractivity contribution in [3.63, 3.8) is 0 Å². The third-order valence-electron chi connectivity index (χ3n) is 3.92. The maximum absolute atomic E-state index is 12.7. The van der Waals surface area contributed by atoms with Crippen LogP contribution in [-0.2, 0) is 27.7 Å². The zero-order chi connectivity index (χ0) is 17.3. The topological polar surface area (TPSA) is 86.7 Å². The fourth-order valence-electron chi connectivity index (χ4n) is 2.75. The van der Waals surface area contributed by atoms with Gasteiger partial charge in [-0.15, -0.1) is 0 Å². The van der Waals surface area contributed by atoms with Crippen LogP contribution in [0.15, 0.2) is 46.2 Å². The standard InChI is InChI=1S/C17H18O5S2/c1-12-9-17-14(10-13-5-2-3-6-16(13)23(17)18)11-15(12)22-7-4-8-24(19,20)21/h2-3,5-6,9,11H,4,7-8,10H2,1H3,(H,19,20,21). The van der Waals surface area contributed by atoms with Crippen molar-refractivity contribution in [1.29, 1.82) is 0 Å². The van der Waals surface area contributed by atoms with E-state index in [2.05, 4.69) is 0 Å². The Morgan fingerprint density at radius 2 is 1.96 bits per heavy atom. The second kappa shape index (κ2) is 6.76. The van der Waals surface area contributed by atoms with Crippen LogP contribution in [0.1, 0.15) is 23.1 Å². The summed E-state index contributed by atoms with van der Waals surface area (Å²) in [6.07, 6.45) is 0.906. The van der Waals surface area contributed by atoms with Crippen LogP contribution < -0.4 is 4.74 Å². The van der Waals surface area contributed by atoms with E-state index in [1.807, 2.05) is 43.3 Å². The van der Waals surface area contributed by atoms with Gasteiger partial charge in [0.05, 0.1) is 12.4 Å². The number of aryl methyl sites for hydroxylation is 1. The predicted octanol–water partition coefficient (Wildman–Crippen LogP) is 2.72. The predicted molar refractivity (Wildman–Crippen MR) is 91.6 cm³/mol. The van der Waals surface area contributed by atoms with Gasteiger partial charge >= 0.3 is 0 Å². The largest absolute Gasteiger partial charge is 0.606 e. The number of rotatable bonds is 5. The average Bonchev–Trinajstić information content (AvgIpc) is 2.52. The highest BCUT2D eigenvalue weighted by atomic mass is 32.2. The van der Waals surface area contributed by atoms with Crippen LogP contribution in [-0.4, -0.2) is 29.9 Å². The van der Waals surface area contributed by atoms with E-state index in [1.54, 1.807) is 0 Å². The maximum atomic E-state index is 12.7. The lowest BCUT2D eigenvalue weighted by molar-refractivity contribution is 0.313. The molecule has 3 rings (SSSR count). The zero-order valence-electron chi connectivity index (χ0n) is 13.2. The summed E-state index contributed by atoms with van der Waals surface area (Å²) in [5, 5.41) is 0. The molecule has 0 radical (unpaired) electrons. The van der Waals surface area contributed by atoms with Crippen LogP contribution in [0, 0.1) is 6.92 Å².